The predicted octanol–water partition coefficient (Wildman–Crippen LogP) is -0.545. The van der Waals surface area contributed by atoms with Crippen molar-refractivity contribution < 1.29 is 19.1 Å². The number of amides is 1. The third-order valence-corrected chi connectivity index (χ3v) is 1.73. The Labute approximate surface area is 76.4 Å². The molecule has 0 bridgehead atoms. The van der Waals surface area contributed by atoms with Crippen LogP contribution < -0.4 is 5.32 Å². The Bertz CT molecular complexity index is 198. The molecular formula is C8H13NO4. The molecule has 1 atom stereocenters. The van der Waals surface area contributed by atoms with Gasteiger partial charge in [-0.3, -0.25) is 4.79 Å². The molecule has 0 spiro atoms. The Morgan fingerprint density at radius 1 is 1.62 bits per heavy atom. The molecule has 13 heavy (non-hydrogen) atoms. The molecule has 1 heterocycles. The maximum Gasteiger partial charge on any atom is 0.396 e. The average Bonchev–Trinajstić information content (AvgIpc) is 2.57. The second kappa shape index (κ2) is 4.81. The highest BCUT2D eigenvalue weighted by Crippen LogP contribution is 2.02. The largest absolute Gasteiger partial charge is 0.459 e. The van der Waals surface area contributed by atoms with E-state index in [2.05, 4.69) is 10.1 Å². The Morgan fingerprint density at radius 2 is 2.38 bits per heavy atom. The van der Waals surface area contributed by atoms with Crippen molar-refractivity contribution in [3.8, 4) is 0 Å². The van der Waals surface area contributed by atoms with Crippen LogP contribution >= 0.6 is 0 Å². The molecule has 1 amide bonds. The van der Waals surface area contributed by atoms with Crippen LogP contribution in [0.5, 0.6) is 0 Å². The maximum absolute atomic E-state index is 11.0. The van der Waals surface area contributed by atoms with E-state index >= 15 is 0 Å². The van der Waals surface area contributed by atoms with Gasteiger partial charge < -0.3 is 14.8 Å². The van der Waals surface area contributed by atoms with Crippen molar-refractivity contribution in [1.82, 2.24) is 5.32 Å². The third kappa shape index (κ3) is 3.02. The second-order valence-corrected chi connectivity index (χ2v) is 2.75. The molecular weight excluding hydrogens is 174 g/mol. The van der Waals surface area contributed by atoms with E-state index in [0.717, 1.165) is 6.42 Å². The number of rotatable bonds is 2. The molecule has 1 fully saturated rings. The minimum atomic E-state index is -0.825. The van der Waals surface area contributed by atoms with Crippen LogP contribution in [0.1, 0.15) is 13.3 Å². The van der Waals surface area contributed by atoms with Gasteiger partial charge in [0.05, 0.1) is 19.3 Å². The second-order valence-electron chi connectivity index (χ2n) is 2.75. The van der Waals surface area contributed by atoms with Crippen molar-refractivity contribution in [3.63, 3.8) is 0 Å². The van der Waals surface area contributed by atoms with Crippen LogP contribution in [0, 0.1) is 0 Å². The van der Waals surface area contributed by atoms with Crippen LogP contribution in [-0.2, 0) is 19.1 Å². The molecule has 0 radical (unpaired) electrons. The van der Waals surface area contributed by atoms with E-state index in [0.29, 0.717) is 13.2 Å². The molecule has 0 aromatic carbocycles. The number of carbonyl (C=O) groups excluding carboxylic acids is 2. The molecule has 0 saturated carbocycles. The average molecular weight is 187 g/mol. The summed E-state index contributed by atoms with van der Waals surface area (Å²) in [4.78, 5) is 21.9. The first-order valence-corrected chi connectivity index (χ1v) is 4.29. The van der Waals surface area contributed by atoms with Gasteiger partial charge in [-0.2, -0.15) is 0 Å². The summed E-state index contributed by atoms with van der Waals surface area (Å²) in [6, 6.07) is -0.0445. The summed E-state index contributed by atoms with van der Waals surface area (Å²) in [5.74, 6) is -1.51. The number of hydrogen-bond acceptors (Lipinski definition) is 4. The number of carbonyl (C=O) groups is 2. The number of ether oxygens (including phenoxy) is 2. The zero-order valence-electron chi connectivity index (χ0n) is 7.54. The number of hydrogen-bond donors (Lipinski definition) is 1. The van der Waals surface area contributed by atoms with E-state index in [9.17, 15) is 9.59 Å². The van der Waals surface area contributed by atoms with Gasteiger partial charge in [-0.1, -0.05) is 0 Å². The summed E-state index contributed by atoms with van der Waals surface area (Å²) in [7, 11) is 0. The highest BCUT2D eigenvalue weighted by atomic mass is 16.5. The van der Waals surface area contributed by atoms with E-state index in [1.54, 1.807) is 6.92 Å². The molecule has 1 N–H and O–H groups in total. The Balaban J connectivity index is 2.27. The van der Waals surface area contributed by atoms with E-state index in [1.165, 1.54) is 0 Å². The van der Waals surface area contributed by atoms with E-state index in [4.69, 9.17) is 4.74 Å². The summed E-state index contributed by atoms with van der Waals surface area (Å²) in [6.07, 6.45) is 0.755. The van der Waals surface area contributed by atoms with Gasteiger partial charge in [-0.05, 0) is 13.3 Å². The maximum atomic E-state index is 11.0. The van der Waals surface area contributed by atoms with Crippen molar-refractivity contribution >= 4 is 11.9 Å². The van der Waals surface area contributed by atoms with Gasteiger partial charge in [-0.15, -0.1) is 0 Å². The molecule has 5 nitrogen and oxygen atoms in total. The molecule has 1 saturated heterocycles. The van der Waals surface area contributed by atoms with Gasteiger partial charge in [-0.25, -0.2) is 4.79 Å². The van der Waals surface area contributed by atoms with Gasteiger partial charge >= 0.3 is 11.9 Å². The summed E-state index contributed by atoms with van der Waals surface area (Å²) < 4.78 is 9.55. The molecule has 0 aromatic rings. The molecule has 0 aliphatic carbocycles. The fraction of sp³-hybridized carbons (Fsp3) is 0.750. The summed E-state index contributed by atoms with van der Waals surface area (Å²) in [5, 5.41) is 2.52. The summed E-state index contributed by atoms with van der Waals surface area (Å²) in [6.45, 7) is 2.98. The summed E-state index contributed by atoms with van der Waals surface area (Å²) >= 11 is 0. The summed E-state index contributed by atoms with van der Waals surface area (Å²) in [5.41, 5.74) is 0. The molecule has 1 rings (SSSR count). The lowest BCUT2D eigenvalue weighted by Gasteiger charge is -2.08. The highest BCUT2D eigenvalue weighted by molar-refractivity contribution is 6.32. The lowest BCUT2D eigenvalue weighted by molar-refractivity contribution is -0.154. The molecule has 1 unspecified atom stereocenters. The van der Waals surface area contributed by atoms with Gasteiger partial charge in [0.15, 0.2) is 0 Å². The predicted molar refractivity (Wildman–Crippen MR) is 44.0 cm³/mol. The Kier molecular flexibility index (Phi) is 3.70. The van der Waals surface area contributed by atoms with Crippen LogP contribution in [0.3, 0.4) is 0 Å². The zero-order chi connectivity index (χ0) is 9.68. The van der Waals surface area contributed by atoms with Gasteiger partial charge in [0.25, 0.3) is 0 Å². The molecule has 1 aliphatic rings. The van der Waals surface area contributed by atoms with Crippen molar-refractivity contribution in [2.24, 2.45) is 0 Å². The van der Waals surface area contributed by atoms with Crippen LogP contribution in [0.2, 0.25) is 0 Å². The van der Waals surface area contributed by atoms with Crippen molar-refractivity contribution in [2.75, 3.05) is 19.8 Å². The molecule has 1 aliphatic heterocycles. The van der Waals surface area contributed by atoms with Crippen LogP contribution in [0.15, 0.2) is 0 Å². The van der Waals surface area contributed by atoms with Crippen molar-refractivity contribution in [3.05, 3.63) is 0 Å². The lowest BCUT2D eigenvalue weighted by atomic mass is 10.2. The van der Waals surface area contributed by atoms with Crippen LogP contribution in [0.4, 0.5) is 0 Å². The molecule has 74 valence electrons. The number of nitrogens with one attached hydrogen (secondary N) is 1. The topological polar surface area (TPSA) is 64.6 Å². The third-order valence-electron chi connectivity index (χ3n) is 1.73. The number of esters is 1. The first kappa shape index (κ1) is 9.98. The monoisotopic (exact) mass is 187 g/mol. The minimum Gasteiger partial charge on any atom is -0.459 e. The Hall–Kier alpha value is -1.10. The van der Waals surface area contributed by atoms with Crippen molar-refractivity contribution in [2.45, 2.75) is 19.4 Å². The normalized spacial score (nSPS) is 21.2. The fourth-order valence-corrected chi connectivity index (χ4v) is 1.09. The van der Waals surface area contributed by atoms with Gasteiger partial charge in [0.1, 0.15) is 0 Å². The van der Waals surface area contributed by atoms with E-state index in [-0.39, 0.29) is 12.6 Å². The van der Waals surface area contributed by atoms with Crippen LogP contribution in [0.25, 0.3) is 0 Å². The molecule has 0 aromatic heterocycles. The smallest absolute Gasteiger partial charge is 0.396 e. The minimum absolute atomic E-state index is 0.0445. The first-order chi connectivity index (χ1) is 6.24. The lowest BCUT2D eigenvalue weighted by Crippen LogP contribution is -2.40. The standard InChI is InChI=1S/C8H13NO4/c1-2-13-8(11)7(10)9-6-3-4-12-5-6/h6H,2-5H2,1H3,(H,9,10). The Morgan fingerprint density at radius 3 is 2.92 bits per heavy atom. The first-order valence-electron chi connectivity index (χ1n) is 4.29. The van der Waals surface area contributed by atoms with Crippen molar-refractivity contribution in [1.29, 1.82) is 0 Å². The quantitative estimate of drug-likeness (QED) is 0.465. The molecule has 5 heteroatoms. The highest BCUT2D eigenvalue weighted by Gasteiger charge is 2.22. The fourth-order valence-electron chi connectivity index (χ4n) is 1.09. The SMILES string of the molecule is CCOC(=O)C(=O)NC1CCOC1. The van der Waals surface area contributed by atoms with Gasteiger partial charge in [0.2, 0.25) is 0 Å². The zero-order valence-corrected chi connectivity index (χ0v) is 7.54. The van der Waals surface area contributed by atoms with E-state index in [1.807, 2.05) is 0 Å². The van der Waals surface area contributed by atoms with Crippen LogP contribution in [-0.4, -0.2) is 37.7 Å². The van der Waals surface area contributed by atoms with Gasteiger partial charge in [0, 0.05) is 6.61 Å². The van der Waals surface area contributed by atoms with E-state index < -0.39 is 11.9 Å².